The zero-order chi connectivity index (χ0) is 22.6. The molecule has 32 heavy (non-hydrogen) atoms. The molecule has 1 aliphatic carbocycles. The molecule has 3 N–H and O–H groups in total. The van der Waals surface area contributed by atoms with Crippen LogP contribution in [0.1, 0.15) is 60.8 Å². The van der Waals surface area contributed by atoms with Crippen LogP contribution in [0.3, 0.4) is 0 Å². The highest BCUT2D eigenvalue weighted by Gasteiger charge is 2.42. The van der Waals surface area contributed by atoms with Crippen LogP contribution in [0, 0.1) is 12.8 Å². The number of benzene rings is 2. The molecule has 0 bridgehead atoms. The number of nitrogens with one attached hydrogen (secondary N) is 1. The summed E-state index contributed by atoms with van der Waals surface area (Å²) in [5, 5.41) is 3.24. The van der Waals surface area contributed by atoms with Gasteiger partial charge in [0.15, 0.2) is 0 Å². The number of nitrogens with two attached hydrogens (primary N) is 1. The molecule has 2 aromatic rings. The molecular weight excluding hydrogens is 398 g/mol. The van der Waals surface area contributed by atoms with Crippen LogP contribution in [0.15, 0.2) is 48.5 Å². The van der Waals surface area contributed by atoms with Gasteiger partial charge in [-0.15, -0.1) is 0 Å². The Bertz CT molecular complexity index is 965. The average molecular weight is 434 g/mol. The first-order valence-corrected chi connectivity index (χ1v) is 11.9. The molecule has 4 rings (SSSR count). The minimum Gasteiger partial charge on any atom is -0.369 e. The molecule has 2 amide bonds. The first-order chi connectivity index (χ1) is 15.5. The second-order valence-corrected chi connectivity index (χ2v) is 9.64. The van der Waals surface area contributed by atoms with Crippen molar-refractivity contribution in [1.82, 2.24) is 10.2 Å². The van der Waals surface area contributed by atoms with Gasteiger partial charge in [-0.1, -0.05) is 66.9 Å². The van der Waals surface area contributed by atoms with Gasteiger partial charge in [0, 0.05) is 19.6 Å². The van der Waals surface area contributed by atoms with E-state index >= 15 is 0 Å². The summed E-state index contributed by atoms with van der Waals surface area (Å²) in [5.74, 6) is -0.0950. The Balaban J connectivity index is 1.40. The molecule has 5 nitrogen and oxygen atoms in total. The molecule has 170 valence electrons. The Morgan fingerprint density at radius 2 is 1.81 bits per heavy atom. The maximum Gasteiger partial charge on any atom is 0.230 e. The number of hydrogen-bond acceptors (Lipinski definition) is 3. The van der Waals surface area contributed by atoms with Gasteiger partial charge in [-0.05, 0) is 55.8 Å². The van der Waals surface area contributed by atoms with E-state index in [2.05, 4.69) is 65.7 Å². The van der Waals surface area contributed by atoms with E-state index in [1.54, 1.807) is 0 Å². The Kier molecular flexibility index (Phi) is 6.95. The molecule has 0 aromatic heterocycles. The largest absolute Gasteiger partial charge is 0.369 e. The third-order valence-corrected chi connectivity index (χ3v) is 7.22. The van der Waals surface area contributed by atoms with Crippen LogP contribution in [-0.2, 0) is 28.1 Å². The highest BCUT2D eigenvalue weighted by Crippen LogP contribution is 2.41. The lowest BCUT2D eigenvalue weighted by Gasteiger charge is -2.31. The van der Waals surface area contributed by atoms with E-state index in [-0.39, 0.29) is 17.7 Å². The number of piperidine rings is 1. The van der Waals surface area contributed by atoms with E-state index in [1.165, 1.54) is 11.1 Å². The van der Waals surface area contributed by atoms with Gasteiger partial charge < -0.3 is 11.1 Å². The molecule has 5 heteroatoms. The fraction of sp³-hybridized carbons (Fsp3) is 0.481. The first-order valence-electron chi connectivity index (χ1n) is 11.9. The number of aryl methyl sites for hydroxylation is 1. The second kappa shape index (κ2) is 9.86. The molecular formula is C27H35N3O2. The molecule has 1 atom stereocenters. The van der Waals surface area contributed by atoms with Gasteiger partial charge in [-0.25, -0.2) is 0 Å². The van der Waals surface area contributed by atoms with Crippen molar-refractivity contribution in [2.75, 3.05) is 13.1 Å². The third kappa shape index (κ3) is 5.04. The van der Waals surface area contributed by atoms with E-state index in [0.29, 0.717) is 6.54 Å². The summed E-state index contributed by atoms with van der Waals surface area (Å²) in [5.41, 5.74) is 9.78. The topological polar surface area (TPSA) is 75.4 Å². The van der Waals surface area contributed by atoms with Gasteiger partial charge >= 0.3 is 0 Å². The van der Waals surface area contributed by atoms with Gasteiger partial charge in [-0.3, -0.25) is 14.5 Å². The van der Waals surface area contributed by atoms with E-state index in [0.717, 1.165) is 69.3 Å². The smallest absolute Gasteiger partial charge is 0.230 e. The van der Waals surface area contributed by atoms with Gasteiger partial charge in [0.05, 0.1) is 11.3 Å². The van der Waals surface area contributed by atoms with Crippen LogP contribution in [0.4, 0.5) is 0 Å². The van der Waals surface area contributed by atoms with Crippen molar-refractivity contribution in [1.29, 1.82) is 0 Å². The molecule has 1 saturated heterocycles. The van der Waals surface area contributed by atoms with Crippen molar-refractivity contribution in [3.05, 3.63) is 70.8 Å². The normalized spacial score (nSPS) is 20.7. The summed E-state index contributed by atoms with van der Waals surface area (Å²) in [6.07, 6.45) is 5.92. The standard InChI is InChI=1S/C27H35N3O2/c1-20-7-4-11-24(15-20)27(12-2-3-13-27)26(32)29-17-21-8-5-9-22(16-21)18-30-14-6-10-23(19-30)25(28)31/h4-5,7-9,11,15-16,23H,2-3,6,10,12-14,17-19H2,1H3,(H2,28,31)(H,29,32). The monoisotopic (exact) mass is 433 g/mol. The fourth-order valence-electron chi connectivity index (χ4n) is 5.45. The number of carbonyl (C=O) groups is 2. The maximum atomic E-state index is 13.4. The minimum absolute atomic E-state index is 0.0459. The summed E-state index contributed by atoms with van der Waals surface area (Å²) in [4.78, 5) is 27.3. The van der Waals surface area contributed by atoms with E-state index in [4.69, 9.17) is 5.73 Å². The molecule has 2 aliphatic rings. The van der Waals surface area contributed by atoms with Crippen molar-refractivity contribution in [2.45, 2.75) is 64.0 Å². The molecule has 1 saturated carbocycles. The average Bonchev–Trinajstić information content (AvgIpc) is 3.29. The Labute approximate surface area is 191 Å². The van der Waals surface area contributed by atoms with Crippen molar-refractivity contribution < 1.29 is 9.59 Å². The van der Waals surface area contributed by atoms with Gasteiger partial charge in [-0.2, -0.15) is 0 Å². The number of nitrogens with zero attached hydrogens (tertiary/aromatic N) is 1. The van der Waals surface area contributed by atoms with Gasteiger partial charge in [0.1, 0.15) is 0 Å². The van der Waals surface area contributed by atoms with Crippen molar-refractivity contribution in [2.24, 2.45) is 11.7 Å². The highest BCUT2D eigenvalue weighted by atomic mass is 16.2. The molecule has 0 spiro atoms. The highest BCUT2D eigenvalue weighted by molar-refractivity contribution is 5.88. The minimum atomic E-state index is -0.402. The summed E-state index contributed by atoms with van der Waals surface area (Å²) >= 11 is 0. The molecule has 1 aliphatic heterocycles. The zero-order valence-corrected chi connectivity index (χ0v) is 19.1. The summed E-state index contributed by atoms with van der Waals surface area (Å²) in [7, 11) is 0. The number of primary amides is 1. The second-order valence-electron chi connectivity index (χ2n) is 9.64. The first kappa shape index (κ1) is 22.5. The van der Waals surface area contributed by atoms with Crippen molar-refractivity contribution >= 4 is 11.8 Å². The lowest BCUT2D eigenvalue weighted by atomic mass is 9.77. The Hall–Kier alpha value is -2.66. The van der Waals surface area contributed by atoms with Gasteiger partial charge in [0.2, 0.25) is 11.8 Å². The third-order valence-electron chi connectivity index (χ3n) is 7.22. The number of amides is 2. The molecule has 0 radical (unpaired) electrons. The predicted molar refractivity (Wildman–Crippen MR) is 127 cm³/mol. The maximum absolute atomic E-state index is 13.4. The van der Waals surface area contributed by atoms with Crippen LogP contribution in [0.25, 0.3) is 0 Å². The molecule has 1 unspecified atom stereocenters. The van der Waals surface area contributed by atoms with Crippen molar-refractivity contribution in [3.8, 4) is 0 Å². The number of carbonyl (C=O) groups excluding carboxylic acids is 2. The lowest BCUT2D eigenvalue weighted by Crippen LogP contribution is -2.42. The van der Waals surface area contributed by atoms with Crippen molar-refractivity contribution in [3.63, 3.8) is 0 Å². The number of rotatable bonds is 7. The fourth-order valence-corrected chi connectivity index (χ4v) is 5.45. The molecule has 2 aromatic carbocycles. The predicted octanol–water partition coefficient (Wildman–Crippen LogP) is 3.82. The summed E-state index contributed by atoms with van der Waals surface area (Å²) in [6.45, 7) is 5.14. The van der Waals surface area contributed by atoms with Crippen LogP contribution in [0.5, 0.6) is 0 Å². The molecule has 1 heterocycles. The zero-order valence-electron chi connectivity index (χ0n) is 19.1. The van der Waals surface area contributed by atoms with Crippen LogP contribution in [-0.4, -0.2) is 29.8 Å². The van der Waals surface area contributed by atoms with Gasteiger partial charge in [0.25, 0.3) is 0 Å². The summed E-state index contributed by atoms with van der Waals surface area (Å²) < 4.78 is 0. The quantitative estimate of drug-likeness (QED) is 0.697. The SMILES string of the molecule is Cc1cccc(C2(C(=O)NCc3cccc(CN4CCCC(C(N)=O)C4)c3)CCCC2)c1. The van der Waals surface area contributed by atoms with E-state index in [1.807, 2.05) is 0 Å². The van der Waals surface area contributed by atoms with Crippen LogP contribution in [0.2, 0.25) is 0 Å². The molecule has 2 fully saturated rings. The van der Waals surface area contributed by atoms with Crippen LogP contribution < -0.4 is 11.1 Å². The lowest BCUT2D eigenvalue weighted by molar-refractivity contribution is -0.127. The Morgan fingerprint density at radius 1 is 1.06 bits per heavy atom. The number of likely N-dealkylation sites (tertiary alicyclic amines) is 1. The summed E-state index contributed by atoms with van der Waals surface area (Å²) in [6, 6.07) is 16.8. The Morgan fingerprint density at radius 3 is 2.56 bits per heavy atom. The van der Waals surface area contributed by atoms with E-state index in [9.17, 15) is 9.59 Å². The number of hydrogen-bond donors (Lipinski definition) is 2. The van der Waals surface area contributed by atoms with E-state index < -0.39 is 5.41 Å². The van der Waals surface area contributed by atoms with Crippen LogP contribution >= 0.6 is 0 Å².